The second-order valence-electron chi connectivity index (χ2n) is 6.89. The molecule has 0 saturated heterocycles. The average molecular weight is 430 g/mol. The van der Waals surface area contributed by atoms with Gasteiger partial charge in [-0.2, -0.15) is 0 Å². The van der Waals surface area contributed by atoms with Crippen molar-refractivity contribution in [2.75, 3.05) is 6.66 Å². The standard InChI is InChI=1S/C22H25O3P3/c1-12-6-5-7-18(21(12)24)28(16-8-13(2)20(23)14(3)9-16)19-11-15(26)10-17(27-4)22(19)25/h5-11,23-25,27H,26H2,1-4H3. The predicted octanol–water partition coefficient (Wildman–Crippen LogP) is 2.92. The van der Waals surface area contributed by atoms with Crippen LogP contribution in [-0.4, -0.2) is 22.0 Å². The second-order valence-corrected chi connectivity index (χ2v) is 10.7. The number of para-hydroxylation sites is 1. The molecule has 0 fully saturated rings. The molecule has 0 bridgehead atoms. The van der Waals surface area contributed by atoms with Gasteiger partial charge in [-0.1, -0.05) is 26.8 Å². The van der Waals surface area contributed by atoms with Gasteiger partial charge in [-0.15, -0.1) is 9.24 Å². The molecular formula is C22H25O3P3. The SMILES string of the molecule is CPc1cc(P)cc(P(c2cc(C)c(O)c(C)c2)c2cccc(C)c2O)c1O. The number of aromatic hydroxyl groups is 3. The molecule has 6 heteroatoms. The summed E-state index contributed by atoms with van der Waals surface area (Å²) in [5.74, 6) is 0.834. The van der Waals surface area contributed by atoms with Crippen molar-refractivity contribution < 1.29 is 15.3 Å². The van der Waals surface area contributed by atoms with Crippen molar-refractivity contribution in [1.82, 2.24) is 0 Å². The molecule has 3 N–H and O–H groups in total. The molecule has 0 aliphatic heterocycles. The molecule has 146 valence electrons. The number of hydrogen-bond acceptors (Lipinski definition) is 3. The highest BCUT2D eigenvalue weighted by Gasteiger charge is 2.25. The summed E-state index contributed by atoms with van der Waals surface area (Å²) >= 11 is 0. The van der Waals surface area contributed by atoms with Gasteiger partial charge < -0.3 is 15.3 Å². The fourth-order valence-corrected chi connectivity index (χ4v) is 7.42. The van der Waals surface area contributed by atoms with E-state index < -0.39 is 7.92 Å². The van der Waals surface area contributed by atoms with E-state index in [4.69, 9.17) is 0 Å². The van der Waals surface area contributed by atoms with Crippen LogP contribution in [0.3, 0.4) is 0 Å². The summed E-state index contributed by atoms with van der Waals surface area (Å²) in [5.41, 5.74) is 2.37. The maximum atomic E-state index is 11.0. The van der Waals surface area contributed by atoms with Gasteiger partial charge in [-0.05, 0) is 86.9 Å². The lowest BCUT2D eigenvalue weighted by atomic mass is 10.1. The first-order chi connectivity index (χ1) is 13.2. The molecular weight excluding hydrogens is 405 g/mol. The summed E-state index contributed by atoms with van der Waals surface area (Å²) in [6.07, 6.45) is 0. The van der Waals surface area contributed by atoms with Crippen LogP contribution in [0.15, 0.2) is 42.5 Å². The highest BCUT2D eigenvalue weighted by molar-refractivity contribution is 7.80. The summed E-state index contributed by atoms with van der Waals surface area (Å²) in [6, 6.07) is 13.6. The lowest BCUT2D eigenvalue weighted by Gasteiger charge is -2.24. The average Bonchev–Trinajstić information content (AvgIpc) is 2.65. The van der Waals surface area contributed by atoms with Gasteiger partial charge >= 0.3 is 0 Å². The maximum absolute atomic E-state index is 11.0. The van der Waals surface area contributed by atoms with E-state index in [2.05, 4.69) is 9.24 Å². The van der Waals surface area contributed by atoms with Crippen LogP contribution in [0.1, 0.15) is 16.7 Å². The first kappa shape index (κ1) is 21.1. The van der Waals surface area contributed by atoms with Crippen LogP contribution in [0.25, 0.3) is 0 Å². The second kappa shape index (κ2) is 8.38. The Balaban J connectivity index is 2.37. The molecule has 3 atom stereocenters. The first-order valence-corrected chi connectivity index (χ1v) is 12.4. The molecule has 3 rings (SSSR count). The molecule has 0 spiro atoms. The van der Waals surface area contributed by atoms with E-state index in [1.165, 1.54) is 0 Å². The van der Waals surface area contributed by atoms with Gasteiger partial charge in [0.1, 0.15) is 17.2 Å². The van der Waals surface area contributed by atoms with E-state index in [9.17, 15) is 15.3 Å². The van der Waals surface area contributed by atoms with Gasteiger partial charge in [0.05, 0.1) is 0 Å². The van der Waals surface area contributed by atoms with Crippen molar-refractivity contribution in [3.05, 3.63) is 59.2 Å². The minimum atomic E-state index is -1.21. The molecule has 3 unspecified atom stereocenters. The molecule has 0 amide bonds. The van der Waals surface area contributed by atoms with Crippen molar-refractivity contribution in [1.29, 1.82) is 0 Å². The zero-order valence-electron chi connectivity index (χ0n) is 16.4. The molecule has 3 aromatic rings. The highest BCUT2D eigenvalue weighted by Crippen LogP contribution is 2.41. The van der Waals surface area contributed by atoms with Gasteiger partial charge in [0, 0.05) is 15.9 Å². The topological polar surface area (TPSA) is 60.7 Å². The van der Waals surface area contributed by atoms with E-state index >= 15 is 0 Å². The summed E-state index contributed by atoms with van der Waals surface area (Å²) in [6.45, 7) is 7.68. The maximum Gasteiger partial charge on any atom is 0.131 e. The quantitative estimate of drug-likeness (QED) is 0.558. The lowest BCUT2D eigenvalue weighted by molar-refractivity contribution is 0.467. The van der Waals surface area contributed by atoms with Crippen molar-refractivity contribution in [2.24, 2.45) is 0 Å². The van der Waals surface area contributed by atoms with Gasteiger partial charge in [0.2, 0.25) is 0 Å². The molecule has 0 radical (unpaired) electrons. The van der Waals surface area contributed by atoms with Crippen LogP contribution in [0.5, 0.6) is 17.2 Å². The molecule has 0 aliphatic carbocycles. The van der Waals surface area contributed by atoms with Crippen LogP contribution in [0.4, 0.5) is 0 Å². The molecule has 28 heavy (non-hydrogen) atoms. The van der Waals surface area contributed by atoms with Gasteiger partial charge in [0.15, 0.2) is 0 Å². The van der Waals surface area contributed by atoms with Crippen LogP contribution < -0.4 is 26.5 Å². The monoisotopic (exact) mass is 430 g/mol. The predicted molar refractivity (Wildman–Crippen MR) is 128 cm³/mol. The lowest BCUT2D eigenvalue weighted by Crippen LogP contribution is -2.26. The summed E-state index contributed by atoms with van der Waals surface area (Å²) in [4.78, 5) is 0. The largest absolute Gasteiger partial charge is 0.507 e. The molecule has 0 saturated carbocycles. The number of hydrogen-bond donors (Lipinski definition) is 3. The number of aryl methyl sites for hydroxylation is 3. The fourth-order valence-electron chi connectivity index (χ4n) is 3.30. The zero-order valence-corrected chi connectivity index (χ0v) is 19.5. The smallest absolute Gasteiger partial charge is 0.131 e. The van der Waals surface area contributed by atoms with E-state index in [0.29, 0.717) is 14.3 Å². The first-order valence-electron chi connectivity index (χ1n) is 8.93. The van der Waals surface area contributed by atoms with Crippen LogP contribution in [0, 0.1) is 20.8 Å². The van der Waals surface area contributed by atoms with Crippen molar-refractivity contribution in [3.63, 3.8) is 0 Å². The Morgan fingerprint density at radius 3 is 2.04 bits per heavy atom. The number of phenolic OH excluding ortho intramolecular Hbond substituents is 3. The highest BCUT2D eigenvalue weighted by atomic mass is 31.1. The summed E-state index contributed by atoms with van der Waals surface area (Å²) < 4.78 is 0. The van der Waals surface area contributed by atoms with Gasteiger partial charge in [0.25, 0.3) is 0 Å². The molecule has 3 aromatic carbocycles. The Bertz CT molecular complexity index is 1020. The minimum Gasteiger partial charge on any atom is -0.507 e. The van der Waals surface area contributed by atoms with E-state index in [1.807, 2.05) is 69.9 Å². The third-order valence-electron chi connectivity index (χ3n) is 4.81. The zero-order chi connectivity index (χ0) is 20.6. The number of phenols is 3. The van der Waals surface area contributed by atoms with E-state index in [0.717, 1.165) is 43.2 Å². The Morgan fingerprint density at radius 2 is 1.43 bits per heavy atom. The molecule has 3 nitrogen and oxygen atoms in total. The Kier molecular flexibility index (Phi) is 6.31. The van der Waals surface area contributed by atoms with Crippen LogP contribution in [-0.2, 0) is 0 Å². The third kappa shape index (κ3) is 3.90. The summed E-state index contributed by atoms with van der Waals surface area (Å²) in [7, 11) is 1.97. The van der Waals surface area contributed by atoms with E-state index in [-0.39, 0.29) is 11.5 Å². The van der Waals surface area contributed by atoms with Crippen molar-refractivity contribution in [3.8, 4) is 17.2 Å². The minimum absolute atomic E-state index is 0.256. The number of benzene rings is 3. The Morgan fingerprint density at radius 1 is 0.786 bits per heavy atom. The van der Waals surface area contributed by atoms with Crippen LogP contribution in [0.2, 0.25) is 0 Å². The van der Waals surface area contributed by atoms with Gasteiger partial charge in [-0.25, -0.2) is 0 Å². The van der Waals surface area contributed by atoms with Crippen molar-refractivity contribution >= 4 is 52.3 Å². The van der Waals surface area contributed by atoms with E-state index in [1.54, 1.807) is 0 Å². The fraction of sp³-hybridized carbons (Fsp3) is 0.182. The normalized spacial score (nSPS) is 12.6. The van der Waals surface area contributed by atoms with Gasteiger partial charge in [-0.3, -0.25) is 0 Å². The third-order valence-corrected chi connectivity index (χ3v) is 8.51. The Hall–Kier alpha value is -1.65. The Labute approximate surface area is 171 Å². The molecule has 0 heterocycles. The van der Waals surface area contributed by atoms with Crippen LogP contribution >= 0.6 is 25.7 Å². The molecule has 0 aromatic heterocycles. The summed E-state index contributed by atoms with van der Waals surface area (Å²) in [5, 5.41) is 36.7. The van der Waals surface area contributed by atoms with Crippen molar-refractivity contribution in [2.45, 2.75) is 20.8 Å². The number of rotatable bonds is 4. The molecule has 0 aliphatic rings.